The van der Waals surface area contributed by atoms with E-state index in [1.54, 1.807) is 5.38 Å². The molecule has 4 atom stereocenters. The molecule has 4 heterocycles. The van der Waals surface area contributed by atoms with E-state index < -0.39 is 35.4 Å². The normalized spacial score (nSPS) is 29.5. The van der Waals surface area contributed by atoms with Crippen LogP contribution in [0.15, 0.2) is 21.8 Å². The number of carboxylic acid groups (broad SMARTS) is 1. The molecular weight excluding hydrogens is 472 g/mol. The van der Waals surface area contributed by atoms with Crippen molar-refractivity contribution in [2.45, 2.75) is 30.5 Å². The topological polar surface area (TPSA) is 167 Å². The molecule has 1 aromatic rings. The highest BCUT2D eigenvalue weighted by Crippen LogP contribution is 2.41. The zero-order valence-electron chi connectivity index (χ0n) is 18.1. The van der Waals surface area contributed by atoms with Crippen LogP contribution >= 0.6 is 23.1 Å². The summed E-state index contributed by atoms with van der Waals surface area (Å²) in [6.45, 7) is 1.08. The third-order valence-corrected chi connectivity index (χ3v) is 8.12. The van der Waals surface area contributed by atoms with Gasteiger partial charge in [0.2, 0.25) is 0 Å². The number of likely N-dealkylation sites (N-methyl/N-ethyl adjacent to an activating group) is 1. The molecule has 2 unspecified atom stereocenters. The average Bonchev–Trinajstić information content (AvgIpc) is 3.34. The molecule has 5 N–H and O–H groups in total. The molecule has 2 fully saturated rings. The molecule has 0 aliphatic carbocycles. The van der Waals surface area contributed by atoms with E-state index in [0.29, 0.717) is 28.8 Å². The van der Waals surface area contributed by atoms with Crippen molar-refractivity contribution in [3.05, 3.63) is 22.3 Å². The number of hydrogen-bond donors (Lipinski definition) is 4. The number of oxime groups is 1. The van der Waals surface area contributed by atoms with Crippen molar-refractivity contribution in [1.82, 2.24) is 15.2 Å². The van der Waals surface area contributed by atoms with Gasteiger partial charge in [-0.05, 0) is 0 Å². The number of nitrogens with two attached hydrogens (primary N) is 1. The van der Waals surface area contributed by atoms with Crippen molar-refractivity contribution >= 4 is 51.7 Å². The Bertz CT molecular complexity index is 1060. The summed E-state index contributed by atoms with van der Waals surface area (Å²) in [4.78, 5) is 47.8. The molecule has 1 aromatic heterocycles. The van der Waals surface area contributed by atoms with E-state index in [0.717, 1.165) is 24.3 Å². The van der Waals surface area contributed by atoms with Gasteiger partial charge in [-0.1, -0.05) is 5.16 Å². The van der Waals surface area contributed by atoms with E-state index in [2.05, 4.69) is 15.5 Å². The number of nitrogens with zero attached hydrogens (tertiary/aromatic N) is 4. The highest BCUT2D eigenvalue weighted by atomic mass is 32.2. The molecule has 0 bridgehead atoms. The number of thioether (sulfide) groups is 1. The fraction of sp³-hybridized carbons (Fsp3) is 0.526. The van der Waals surface area contributed by atoms with Gasteiger partial charge in [-0.3, -0.25) is 19.0 Å². The number of aliphatic carboxylic acids is 1. The number of aromatic nitrogens is 1. The SMILES string of the molecule is CO/N=C(\C(=O)N[C@@H]1C(=O)N2C(C(=O)O)=C(C[N+]3(C)CCCC3O)CS[C@H]12)c1csc(N)n1. The molecule has 0 aromatic carbocycles. The van der Waals surface area contributed by atoms with Crippen molar-refractivity contribution in [3.63, 3.8) is 0 Å². The lowest BCUT2D eigenvalue weighted by Crippen LogP contribution is -2.71. The van der Waals surface area contributed by atoms with Gasteiger partial charge >= 0.3 is 5.97 Å². The van der Waals surface area contributed by atoms with Crippen molar-refractivity contribution in [1.29, 1.82) is 0 Å². The first kappa shape index (κ1) is 23.5. The standard InChI is InChI=1S/C19H24N6O6S2/c1-25(5-3-4-11(25)26)6-9-7-32-17-13(16(28)24(17)14(9)18(29)30)22-15(27)12(23-31-2)10-8-33-19(20)21-10/h8,11,13,17,26H,3-7H2,1-2H3,(H3-,20,21,22,27,29,30)/p+1/b23-12-/t11?,13-,17-,25?/m1/s1. The second-order valence-electron chi connectivity index (χ2n) is 8.30. The van der Waals surface area contributed by atoms with Crippen LogP contribution in [0.2, 0.25) is 0 Å². The lowest BCUT2D eigenvalue weighted by Gasteiger charge is -2.50. The number of likely N-dealkylation sites (tertiary alicyclic amines) is 1. The summed E-state index contributed by atoms with van der Waals surface area (Å²) in [6, 6.07) is -0.918. The summed E-state index contributed by atoms with van der Waals surface area (Å²) in [7, 11) is 3.17. The largest absolute Gasteiger partial charge is 0.477 e. The number of carbonyl (C=O) groups excluding carboxylic acids is 2. The molecule has 0 spiro atoms. The maximum absolute atomic E-state index is 12.9. The number of fused-ring (bicyclic) bond motifs is 1. The van der Waals surface area contributed by atoms with Crippen molar-refractivity contribution < 1.29 is 33.9 Å². The molecule has 178 valence electrons. The molecule has 33 heavy (non-hydrogen) atoms. The highest BCUT2D eigenvalue weighted by molar-refractivity contribution is 8.00. The predicted octanol–water partition coefficient (Wildman–Crippen LogP) is -0.627. The maximum atomic E-state index is 12.9. The Morgan fingerprint density at radius 3 is 2.82 bits per heavy atom. The molecule has 3 aliphatic rings. The monoisotopic (exact) mass is 497 g/mol. The maximum Gasteiger partial charge on any atom is 0.352 e. The Balaban J connectivity index is 1.53. The Morgan fingerprint density at radius 1 is 1.48 bits per heavy atom. The number of anilines is 1. The van der Waals surface area contributed by atoms with E-state index >= 15 is 0 Å². The quantitative estimate of drug-likeness (QED) is 0.166. The fourth-order valence-corrected chi connectivity index (χ4v) is 6.31. The number of aliphatic hydroxyl groups excluding tert-OH is 1. The first-order valence-electron chi connectivity index (χ1n) is 10.2. The van der Waals surface area contributed by atoms with E-state index in [1.807, 2.05) is 7.05 Å². The third-order valence-electron chi connectivity index (χ3n) is 6.10. The minimum atomic E-state index is -1.20. The molecule has 12 nitrogen and oxygen atoms in total. The number of aliphatic hydroxyl groups is 1. The smallest absolute Gasteiger partial charge is 0.352 e. The zero-order chi connectivity index (χ0) is 23.9. The van der Waals surface area contributed by atoms with Crippen LogP contribution in [0.1, 0.15) is 18.5 Å². The lowest BCUT2D eigenvalue weighted by atomic mass is 10.0. The van der Waals surface area contributed by atoms with Crippen molar-refractivity contribution in [2.24, 2.45) is 5.16 Å². The van der Waals surface area contributed by atoms with Gasteiger partial charge in [0.05, 0.1) is 13.6 Å². The number of nitrogen functional groups attached to an aromatic ring is 1. The second-order valence-corrected chi connectivity index (χ2v) is 10.3. The number of thiazole rings is 1. The van der Waals surface area contributed by atoms with Gasteiger partial charge in [0.25, 0.3) is 11.8 Å². The van der Waals surface area contributed by atoms with Gasteiger partial charge in [-0.15, -0.1) is 23.1 Å². The van der Waals surface area contributed by atoms with E-state index in [1.165, 1.54) is 23.8 Å². The molecule has 2 amide bonds. The molecule has 2 saturated heterocycles. The van der Waals surface area contributed by atoms with Crippen LogP contribution in [-0.4, -0.2) is 98.7 Å². The summed E-state index contributed by atoms with van der Waals surface area (Å²) < 4.78 is 0.327. The van der Waals surface area contributed by atoms with Gasteiger partial charge in [0.15, 0.2) is 17.1 Å². The number of rotatable bonds is 7. The number of quaternary nitrogens is 1. The predicted molar refractivity (Wildman–Crippen MR) is 121 cm³/mol. The number of nitrogens with one attached hydrogen (secondary N) is 1. The fourth-order valence-electron chi connectivity index (χ4n) is 4.42. The number of β-lactam (4-membered cyclic amide) rings is 1. The van der Waals surface area contributed by atoms with E-state index in [9.17, 15) is 24.6 Å². The summed E-state index contributed by atoms with van der Waals surface area (Å²) in [5, 5.41) is 27.8. The minimum Gasteiger partial charge on any atom is -0.477 e. The molecule has 0 radical (unpaired) electrons. The van der Waals surface area contributed by atoms with Crippen LogP contribution in [0.25, 0.3) is 0 Å². The average molecular weight is 498 g/mol. The lowest BCUT2D eigenvalue weighted by molar-refractivity contribution is -0.937. The first-order chi connectivity index (χ1) is 15.7. The van der Waals surface area contributed by atoms with Crippen LogP contribution in [0, 0.1) is 0 Å². The zero-order valence-corrected chi connectivity index (χ0v) is 19.7. The van der Waals surface area contributed by atoms with Crippen LogP contribution in [0.4, 0.5) is 5.13 Å². The summed E-state index contributed by atoms with van der Waals surface area (Å²) in [5.41, 5.74) is 6.25. The van der Waals surface area contributed by atoms with Crippen LogP contribution in [-0.2, 0) is 19.2 Å². The summed E-state index contributed by atoms with van der Waals surface area (Å²) in [5.74, 6) is -2.02. The van der Waals surface area contributed by atoms with Gasteiger partial charge in [0.1, 0.15) is 36.5 Å². The van der Waals surface area contributed by atoms with Gasteiger partial charge < -0.3 is 26.1 Å². The van der Waals surface area contributed by atoms with Gasteiger partial charge in [-0.2, -0.15) is 0 Å². The Kier molecular flexibility index (Phi) is 6.35. The van der Waals surface area contributed by atoms with Gasteiger partial charge in [0, 0.05) is 29.5 Å². The van der Waals surface area contributed by atoms with E-state index in [-0.39, 0.29) is 22.2 Å². The first-order valence-corrected chi connectivity index (χ1v) is 12.1. The van der Waals surface area contributed by atoms with Crippen molar-refractivity contribution in [2.75, 3.05) is 38.7 Å². The molecule has 14 heteroatoms. The minimum absolute atomic E-state index is 0.0641. The molecular formula is C19H25N6O6S2+. The number of carbonyl (C=O) groups is 3. The third kappa shape index (κ3) is 4.18. The number of hydrogen-bond acceptors (Lipinski definition) is 10. The highest BCUT2D eigenvalue weighted by Gasteiger charge is 2.55. The second kappa shape index (κ2) is 8.93. The van der Waals surface area contributed by atoms with Crippen LogP contribution in [0.5, 0.6) is 0 Å². The Labute approximate surface area is 197 Å². The van der Waals surface area contributed by atoms with Crippen molar-refractivity contribution in [3.8, 4) is 0 Å². The summed E-state index contributed by atoms with van der Waals surface area (Å²) in [6.07, 6.45) is 0.956. The van der Waals surface area contributed by atoms with Gasteiger partial charge in [-0.25, -0.2) is 9.78 Å². The van der Waals surface area contributed by atoms with Crippen LogP contribution in [0.3, 0.4) is 0 Å². The van der Waals surface area contributed by atoms with Crippen LogP contribution < -0.4 is 11.1 Å². The number of amides is 2. The summed E-state index contributed by atoms with van der Waals surface area (Å²) >= 11 is 2.51. The number of carboxylic acids is 1. The molecule has 4 rings (SSSR count). The molecule has 0 saturated carbocycles. The Morgan fingerprint density at radius 2 is 2.24 bits per heavy atom. The molecule has 3 aliphatic heterocycles. The Hall–Kier alpha value is -2.68. The van der Waals surface area contributed by atoms with E-state index in [4.69, 9.17) is 10.6 Å².